The molecule has 0 aliphatic carbocycles. The van der Waals surface area contributed by atoms with Crippen LogP contribution in [0.4, 0.5) is 0 Å². The van der Waals surface area contributed by atoms with Crippen LogP contribution in [0.2, 0.25) is 0 Å². The molecular formula is C16H16O4. The molecule has 0 amide bonds. The van der Waals surface area contributed by atoms with Crippen LogP contribution in [0.3, 0.4) is 0 Å². The molecule has 0 heterocycles. The van der Waals surface area contributed by atoms with E-state index in [2.05, 4.69) is 0 Å². The lowest BCUT2D eigenvalue weighted by Crippen LogP contribution is -2.00. The summed E-state index contributed by atoms with van der Waals surface area (Å²) in [5.74, 6) is 0.399. The highest BCUT2D eigenvalue weighted by atomic mass is 16.5. The van der Waals surface area contributed by atoms with Gasteiger partial charge in [0.15, 0.2) is 0 Å². The van der Waals surface area contributed by atoms with Crippen molar-refractivity contribution in [2.75, 3.05) is 7.11 Å². The number of aryl methyl sites for hydroxylation is 1. The molecule has 0 aliphatic heterocycles. The monoisotopic (exact) mass is 272 g/mol. The number of rotatable bonds is 5. The average Bonchev–Trinajstić information content (AvgIpc) is 2.47. The van der Waals surface area contributed by atoms with Crippen molar-refractivity contribution in [3.8, 4) is 17.2 Å². The minimum absolute atomic E-state index is 0.104. The van der Waals surface area contributed by atoms with Crippen molar-refractivity contribution < 1.29 is 19.4 Å². The van der Waals surface area contributed by atoms with Crippen LogP contribution in [0, 0.1) is 0 Å². The van der Waals surface area contributed by atoms with E-state index in [1.54, 1.807) is 18.2 Å². The van der Waals surface area contributed by atoms with Gasteiger partial charge in [0.2, 0.25) is 0 Å². The zero-order chi connectivity index (χ0) is 14.5. The summed E-state index contributed by atoms with van der Waals surface area (Å²) in [6, 6.07) is 12.2. The standard InChI is InChI=1S/C16H16O4/c1-3-11-5-4-6-13(9-11)20-15-10-12(19-2)7-8-14(15)16(17)18/h4-10H,3H2,1-2H3,(H,17,18). The van der Waals surface area contributed by atoms with Crippen LogP contribution >= 0.6 is 0 Å². The van der Waals surface area contributed by atoms with E-state index in [-0.39, 0.29) is 11.3 Å². The molecule has 20 heavy (non-hydrogen) atoms. The van der Waals surface area contributed by atoms with Crippen LogP contribution in [-0.2, 0) is 6.42 Å². The summed E-state index contributed by atoms with van der Waals surface area (Å²) in [5, 5.41) is 9.19. The van der Waals surface area contributed by atoms with Crippen LogP contribution in [0.5, 0.6) is 17.2 Å². The Bertz CT molecular complexity index is 620. The van der Waals surface area contributed by atoms with Crippen LogP contribution in [0.15, 0.2) is 42.5 Å². The fourth-order valence-corrected chi connectivity index (χ4v) is 1.85. The summed E-state index contributed by atoms with van der Waals surface area (Å²) < 4.78 is 10.8. The summed E-state index contributed by atoms with van der Waals surface area (Å²) >= 11 is 0. The molecule has 104 valence electrons. The van der Waals surface area contributed by atoms with Crippen molar-refractivity contribution in [2.24, 2.45) is 0 Å². The van der Waals surface area contributed by atoms with E-state index in [0.717, 1.165) is 12.0 Å². The van der Waals surface area contributed by atoms with E-state index < -0.39 is 5.97 Å². The Kier molecular flexibility index (Phi) is 4.25. The maximum atomic E-state index is 11.2. The molecule has 0 aromatic heterocycles. The normalized spacial score (nSPS) is 10.1. The predicted octanol–water partition coefficient (Wildman–Crippen LogP) is 3.75. The molecule has 0 saturated heterocycles. The minimum atomic E-state index is -1.03. The summed E-state index contributed by atoms with van der Waals surface area (Å²) in [7, 11) is 1.53. The lowest BCUT2D eigenvalue weighted by atomic mass is 10.1. The smallest absolute Gasteiger partial charge is 0.339 e. The number of aromatic carboxylic acids is 1. The van der Waals surface area contributed by atoms with E-state index in [1.807, 2.05) is 25.1 Å². The zero-order valence-corrected chi connectivity index (χ0v) is 11.4. The van der Waals surface area contributed by atoms with E-state index in [4.69, 9.17) is 9.47 Å². The van der Waals surface area contributed by atoms with Crippen molar-refractivity contribution in [1.82, 2.24) is 0 Å². The van der Waals surface area contributed by atoms with Gasteiger partial charge in [-0.05, 0) is 36.2 Å². The number of carboxylic acids is 1. The molecule has 2 rings (SSSR count). The Labute approximate surface area is 117 Å². The van der Waals surface area contributed by atoms with Gasteiger partial charge in [-0.1, -0.05) is 19.1 Å². The number of carbonyl (C=O) groups is 1. The molecule has 0 fully saturated rings. The summed E-state index contributed by atoms with van der Waals surface area (Å²) in [6.45, 7) is 2.05. The van der Waals surface area contributed by atoms with Gasteiger partial charge >= 0.3 is 5.97 Å². The maximum Gasteiger partial charge on any atom is 0.339 e. The lowest BCUT2D eigenvalue weighted by molar-refractivity contribution is 0.0694. The number of benzene rings is 2. The molecule has 1 N–H and O–H groups in total. The molecule has 0 radical (unpaired) electrons. The van der Waals surface area contributed by atoms with Crippen LogP contribution in [-0.4, -0.2) is 18.2 Å². The van der Waals surface area contributed by atoms with Crippen LogP contribution in [0.1, 0.15) is 22.8 Å². The molecule has 4 heteroatoms. The largest absolute Gasteiger partial charge is 0.497 e. The molecule has 0 bridgehead atoms. The second-order valence-corrected chi connectivity index (χ2v) is 4.27. The highest BCUT2D eigenvalue weighted by Crippen LogP contribution is 2.30. The third-order valence-electron chi connectivity index (χ3n) is 2.95. The summed E-state index contributed by atoms with van der Waals surface area (Å²) in [4.78, 5) is 11.2. The van der Waals surface area contributed by atoms with Crippen molar-refractivity contribution >= 4 is 5.97 Å². The van der Waals surface area contributed by atoms with E-state index >= 15 is 0 Å². The van der Waals surface area contributed by atoms with E-state index in [9.17, 15) is 9.90 Å². The molecule has 0 saturated carbocycles. The first-order chi connectivity index (χ1) is 9.63. The molecule has 2 aromatic carbocycles. The van der Waals surface area contributed by atoms with Crippen molar-refractivity contribution in [2.45, 2.75) is 13.3 Å². The second kappa shape index (κ2) is 6.10. The van der Waals surface area contributed by atoms with Crippen molar-refractivity contribution in [1.29, 1.82) is 0 Å². The average molecular weight is 272 g/mol. The number of ether oxygens (including phenoxy) is 2. The Morgan fingerprint density at radius 3 is 2.60 bits per heavy atom. The van der Waals surface area contributed by atoms with E-state index in [0.29, 0.717) is 11.5 Å². The second-order valence-electron chi connectivity index (χ2n) is 4.27. The van der Waals surface area contributed by atoms with Crippen LogP contribution < -0.4 is 9.47 Å². The summed E-state index contributed by atoms with van der Waals surface area (Å²) in [5.41, 5.74) is 1.23. The van der Waals surface area contributed by atoms with Gasteiger partial charge in [-0.3, -0.25) is 0 Å². The highest BCUT2D eigenvalue weighted by Gasteiger charge is 2.13. The van der Waals surface area contributed by atoms with E-state index in [1.165, 1.54) is 13.2 Å². The van der Waals surface area contributed by atoms with Gasteiger partial charge in [-0.2, -0.15) is 0 Å². The molecule has 2 aromatic rings. The van der Waals surface area contributed by atoms with Gasteiger partial charge in [0.05, 0.1) is 7.11 Å². The maximum absolute atomic E-state index is 11.2. The molecular weight excluding hydrogens is 256 g/mol. The highest BCUT2D eigenvalue weighted by molar-refractivity contribution is 5.91. The molecule has 4 nitrogen and oxygen atoms in total. The lowest BCUT2D eigenvalue weighted by Gasteiger charge is -2.11. The predicted molar refractivity (Wildman–Crippen MR) is 75.8 cm³/mol. The third-order valence-corrected chi connectivity index (χ3v) is 2.95. The van der Waals surface area contributed by atoms with Gasteiger partial charge in [0, 0.05) is 6.07 Å². The Hall–Kier alpha value is -2.49. The molecule has 0 aliphatic rings. The van der Waals surface area contributed by atoms with Gasteiger partial charge in [0.1, 0.15) is 22.8 Å². The van der Waals surface area contributed by atoms with Crippen molar-refractivity contribution in [3.05, 3.63) is 53.6 Å². The summed E-state index contributed by atoms with van der Waals surface area (Å²) in [6.07, 6.45) is 0.890. The number of hydrogen-bond donors (Lipinski definition) is 1. The zero-order valence-electron chi connectivity index (χ0n) is 11.4. The third kappa shape index (κ3) is 3.09. The Balaban J connectivity index is 2.37. The topological polar surface area (TPSA) is 55.8 Å². The van der Waals surface area contributed by atoms with Crippen molar-refractivity contribution in [3.63, 3.8) is 0 Å². The molecule has 0 unspecified atom stereocenters. The first-order valence-electron chi connectivity index (χ1n) is 6.32. The molecule has 0 spiro atoms. The fourth-order valence-electron chi connectivity index (χ4n) is 1.85. The minimum Gasteiger partial charge on any atom is -0.497 e. The first kappa shape index (κ1) is 13.9. The Morgan fingerprint density at radius 1 is 1.15 bits per heavy atom. The van der Waals surface area contributed by atoms with Gasteiger partial charge < -0.3 is 14.6 Å². The number of hydrogen-bond acceptors (Lipinski definition) is 3. The first-order valence-corrected chi connectivity index (χ1v) is 6.32. The van der Waals surface area contributed by atoms with Gasteiger partial charge in [-0.25, -0.2) is 4.79 Å². The SMILES string of the molecule is CCc1cccc(Oc2cc(OC)ccc2C(=O)O)c1. The molecule has 0 atom stereocenters. The van der Waals surface area contributed by atoms with Gasteiger partial charge in [-0.15, -0.1) is 0 Å². The quantitative estimate of drug-likeness (QED) is 0.900. The fraction of sp³-hybridized carbons (Fsp3) is 0.188. The number of carboxylic acid groups (broad SMARTS) is 1. The number of methoxy groups -OCH3 is 1. The van der Waals surface area contributed by atoms with Crippen LogP contribution in [0.25, 0.3) is 0 Å². The van der Waals surface area contributed by atoms with Gasteiger partial charge in [0.25, 0.3) is 0 Å². The Morgan fingerprint density at radius 2 is 1.95 bits per heavy atom.